The predicted octanol–water partition coefficient (Wildman–Crippen LogP) is 3.12. The van der Waals surface area contributed by atoms with Crippen molar-refractivity contribution in [2.24, 2.45) is 0 Å². The van der Waals surface area contributed by atoms with Gasteiger partial charge >= 0.3 is 0 Å². The minimum atomic E-state index is -0.157. The summed E-state index contributed by atoms with van der Waals surface area (Å²) in [6, 6.07) is 8.03. The number of hydrogen-bond acceptors (Lipinski definition) is 4. The van der Waals surface area contributed by atoms with Crippen LogP contribution < -0.4 is 5.32 Å². The summed E-state index contributed by atoms with van der Waals surface area (Å²) in [6.07, 6.45) is 2.35. The second kappa shape index (κ2) is 6.02. The van der Waals surface area contributed by atoms with Gasteiger partial charge in [-0.05, 0) is 32.8 Å². The second-order valence-corrected chi connectivity index (χ2v) is 6.66. The Balaban J connectivity index is 1.94. The van der Waals surface area contributed by atoms with Gasteiger partial charge in [-0.25, -0.2) is 9.97 Å². The highest BCUT2D eigenvalue weighted by molar-refractivity contribution is 8.00. The Labute approximate surface area is 128 Å². The summed E-state index contributed by atoms with van der Waals surface area (Å²) >= 11 is 1.52. The van der Waals surface area contributed by atoms with Crippen LogP contribution in [0, 0.1) is 0 Å². The van der Waals surface area contributed by atoms with E-state index in [4.69, 9.17) is 4.98 Å². The monoisotopic (exact) mass is 301 g/mol. The lowest BCUT2D eigenvalue weighted by atomic mass is 10.2. The molecule has 4 nitrogen and oxygen atoms in total. The number of benzene rings is 1. The van der Waals surface area contributed by atoms with E-state index in [9.17, 15) is 4.79 Å². The van der Waals surface area contributed by atoms with Gasteiger partial charge in [-0.2, -0.15) is 0 Å². The Morgan fingerprint density at radius 3 is 2.86 bits per heavy atom. The van der Waals surface area contributed by atoms with Crippen LogP contribution in [-0.2, 0) is 4.79 Å². The molecule has 5 heteroatoms. The minimum Gasteiger partial charge on any atom is -0.355 e. The lowest BCUT2D eigenvalue weighted by Gasteiger charge is -2.13. The van der Waals surface area contributed by atoms with Crippen LogP contribution in [0.1, 0.15) is 38.4 Å². The van der Waals surface area contributed by atoms with Crippen molar-refractivity contribution >= 4 is 28.6 Å². The molecule has 1 amide bonds. The summed E-state index contributed by atoms with van der Waals surface area (Å²) in [5.41, 5.74) is 0.972. The van der Waals surface area contributed by atoms with Gasteiger partial charge in [0.2, 0.25) is 5.91 Å². The van der Waals surface area contributed by atoms with E-state index in [2.05, 4.69) is 10.3 Å². The molecule has 1 atom stereocenters. The molecule has 1 saturated carbocycles. The third kappa shape index (κ3) is 3.18. The Hall–Kier alpha value is -1.62. The van der Waals surface area contributed by atoms with E-state index in [0.29, 0.717) is 12.5 Å². The number of nitrogens with one attached hydrogen (secondary N) is 1. The molecule has 3 rings (SSSR count). The summed E-state index contributed by atoms with van der Waals surface area (Å²) in [7, 11) is 0. The average molecular weight is 301 g/mol. The molecule has 1 aromatic heterocycles. The molecule has 1 N–H and O–H groups in total. The van der Waals surface area contributed by atoms with Crippen molar-refractivity contribution in [3.63, 3.8) is 0 Å². The first-order valence-corrected chi connectivity index (χ1v) is 8.28. The lowest BCUT2D eigenvalue weighted by molar-refractivity contribution is -0.120. The number of nitrogens with zero attached hydrogens (tertiary/aromatic N) is 2. The quantitative estimate of drug-likeness (QED) is 0.681. The zero-order valence-electron chi connectivity index (χ0n) is 12.3. The van der Waals surface area contributed by atoms with Crippen LogP contribution in [0.4, 0.5) is 0 Å². The van der Waals surface area contributed by atoms with Gasteiger partial charge in [0.15, 0.2) is 0 Å². The Morgan fingerprint density at radius 2 is 2.14 bits per heavy atom. The maximum absolute atomic E-state index is 11.9. The molecular formula is C16H19N3OS. The first-order valence-electron chi connectivity index (χ1n) is 7.40. The van der Waals surface area contributed by atoms with Crippen LogP contribution in [0.2, 0.25) is 0 Å². The molecule has 0 radical (unpaired) electrons. The topological polar surface area (TPSA) is 54.9 Å². The van der Waals surface area contributed by atoms with E-state index in [-0.39, 0.29) is 11.2 Å². The molecule has 1 aromatic carbocycles. The number of hydrogen-bond donors (Lipinski definition) is 1. The van der Waals surface area contributed by atoms with E-state index >= 15 is 0 Å². The largest absolute Gasteiger partial charge is 0.355 e. The van der Waals surface area contributed by atoms with Crippen molar-refractivity contribution < 1.29 is 4.79 Å². The normalized spacial score (nSPS) is 15.9. The summed E-state index contributed by atoms with van der Waals surface area (Å²) < 4.78 is 0. The van der Waals surface area contributed by atoms with Crippen molar-refractivity contribution in [2.45, 2.75) is 42.9 Å². The number of carbonyl (C=O) groups excluding carboxylic acids is 1. The van der Waals surface area contributed by atoms with Gasteiger partial charge in [-0.15, -0.1) is 0 Å². The van der Waals surface area contributed by atoms with Crippen LogP contribution in [0.25, 0.3) is 10.9 Å². The first kappa shape index (κ1) is 14.3. The molecular weight excluding hydrogens is 282 g/mol. The zero-order chi connectivity index (χ0) is 14.8. The summed E-state index contributed by atoms with van der Waals surface area (Å²) in [6.45, 7) is 4.51. The SMILES string of the molecule is CCNC(=O)C(C)Sc1nc(C2CC2)nc2ccccc12. The Kier molecular flexibility index (Phi) is 4.10. The van der Waals surface area contributed by atoms with Gasteiger partial charge in [0.1, 0.15) is 10.9 Å². The number of amides is 1. The lowest BCUT2D eigenvalue weighted by Crippen LogP contribution is -2.30. The molecule has 2 aromatic rings. The summed E-state index contributed by atoms with van der Waals surface area (Å²) in [5.74, 6) is 1.49. The fourth-order valence-corrected chi connectivity index (χ4v) is 3.19. The molecule has 0 aliphatic heterocycles. The smallest absolute Gasteiger partial charge is 0.233 e. The molecule has 1 fully saturated rings. The van der Waals surface area contributed by atoms with Crippen molar-refractivity contribution in [1.82, 2.24) is 15.3 Å². The van der Waals surface area contributed by atoms with E-state index in [1.54, 1.807) is 0 Å². The van der Waals surface area contributed by atoms with Crippen LogP contribution in [0.5, 0.6) is 0 Å². The van der Waals surface area contributed by atoms with Gasteiger partial charge in [0.05, 0.1) is 10.8 Å². The Bertz CT molecular complexity index is 670. The molecule has 0 bridgehead atoms. The highest BCUT2D eigenvalue weighted by Gasteiger charge is 2.28. The standard InChI is InChI=1S/C16H19N3OS/c1-3-17-15(20)10(2)21-16-12-6-4-5-7-13(12)18-14(19-16)11-8-9-11/h4-7,10-11H,3,8-9H2,1-2H3,(H,17,20). The van der Waals surface area contributed by atoms with E-state index in [1.165, 1.54) is 24.6 Å². The first-order chi connectivity index (χ1) is 10.2. The van der Waals surface area contributed by atoms with Crippen molar-refractivity contribution in [3.05, 3.63) is 30.1 Å². The highest BCUT2D eigenvalue weighted by atomic mass is 32.2. The highest BCUT2D eigenvalue weighted by Crippen LogP contribution is 2.40. The fourth-order valence-electron chi connectivity index (χ4n) is 2.22. The van der Waals surface area contributed by atoms with Crippen molar-refractivity contribution in [2.75, 3.05) is 6.54 Å². The van der Waals surface area contributed by atoms with Crippen LogP contribution in [0.15, 0.2) is 29.3 Å². The average Bonchev–Trinajstić information content (AvgIpc) is 3.32. The van der Waals surface area contributed by atoms with Gasteiger partial charge in [-0.1, -0.05) is 30.0 Å². The van der Waals surface area contributed by atoms with Crippen molar-refractivity contribution in [3.8, 4) is 0 Å². The molecule has 1 unspecified atom stereocenters. The molecule has 0 saturated heterocycles. The molecule has 0 spiro atoms. The molecule has 1 aliphatic rings. The van der Waals surface area contributed by atoms with Crippen LogP contribution >= 0.6 is 11.8 Å². The third-order valence-electron chi connectivity index (χ3n) is 3.54. The number of aromatic nitrogens is 2. The maximum atomic E-state index is 11.9. The molecule has 21 heavy (non-hydrogen) atoms. The third-order valence-corrected chi connectivity index (χ3v) is 4.64. The Morgan fingerprint density at radius 1 is 1.38 bits per heavy atom. The van der Waals surface area contributed by atoms with Gasteiger partial charge in [0.25, 0.3) is 0 Å². The van der Waals surface area contributed by atoms with Crippen LogP contribution in [-0.4, -0.2) is 27.7 Å². The van der Waals surface area contributed by atoms with Gasteiger partial charge in [-0.3, -0.25) is 4.79 Å². The molecule has 1 aliphatic carbocycles. The van der Waals surface area contributed by atoms with E-state index in [0.717, 1.165) is 21.8 Å². The number of thioether (sulfide) groups is 1. The van der Waals surface area contributed by atoms with Gasteiger partial charge in [0, 0.05) is 17.8 Å². The second-order valence-electron chi connectivity index (χ2n) is 5.33. The van der Waals surface area contributed by atoms with E-state index < -0.39 is 0 Å². The molecule has 1 heterocycles. The van der Waals surface area contributed by atoms with Crippen molar-refractivity contribution in [1.29, 1.82) is 0 Å². The number of fused-ring (bicyclic) bond motifs is 1. The number of carbonyl (C=O) groups is 1. The predicted molar refractivity (Wildman–Crippen MR) is 85.5 cm³/mol. The van der Waals surface area contributed by atoms with Crippen LogP contribution in [0.3, 0.4) is 0 Å². The van der Waals surface area contributed by atoms with E-state index in [1.807, 2.05) is 38.1 Å². The zero-order valence-corrected chi connectivity index (χ0v) is 13.1. The summed E-state index contributed by atoms with van der Waals surface area (Å²) in [4.78, 5) is 21.3. The number of rotatable bonds is 5. The fraction of sp³-hybridized carbons (Fsp3) is 0.438. The number of para-hydroxylation sites is 1. The minimum absolute atomic E-state index is 0.0539. The summed E-state index contributed by atoms with van der Waals surface area (Å²) in [5, 5.41) is 4.65. The maximum Gasteiger partial charge on any atom is 0.233 e. The molecule has 110 valence electrons. The van der Waals surface area contributed by atoms with Gasteiger partial charge < -0.3 is 5.32 Å².